The van der Waals surface area contributed by atoms with Crippen LogP contribution in [0, 0.1) is 11.8 Å². The number of nitrogens with zero attached hydrogens (tertiary/aromatic N) is 4. The van der Waals surface area contributed by atoms with Crippen LogP contribution in [0.15, 0.2) is 70.5 Å². The number of nitrogens with two attached hydrogens (primary N) is 2. The van der Waals surface area contributed by atoms with E-state index < -0.39 is 55.2 Å². The number of carbonyl (C=O) groups excluding carboxylic acids is 2. The summed E-state index contributed by atoms with van der Waals surface area (Å²) >= 11 is 26.4. The SMILES string of the molecule is NC(=O)C[C@@H](c1ccc(S(=O)(=O)CC2CC2)cc1)c1nc2c(Cl)c(N3CCC(F)(F)CC3)c(Cl)cc2[nH]1.NC(=O)C[C@H](c1ccc(S(=O)(=O)CC2CC2)cc1)c1nc2c(Cl)c(N3CCC(F)(F)CC3)c(Cl)cc2[nH]1. The fraction of sp³-hybridized carbons (Fsp3) is 0.440. The Labute approximate surface area is 444 Å². The van der Waals surface area contributed by atoms with Crippen LogP contribution >= 0.6 is 46.4 Å². The summed E-state index contributed by atoms with van der Waals surface area (Å²) in [4.78, 5) is 43.4. The van der Waals surface area contributed by atoms with Crippen molar-refractivity contribution in [2.75, 3.05) is 47.5 Å². The number of hydrogen-bond donors (Lipinski definition) is 4. The zero-order chi connectivity index (χ0) is 53.1. The van der Waals surface area contributed by atoms with E-state index in [2.05, 4.69) is 19.9 Å². The number of fused-ring (bicyclic) bond motifs is 2. The van der Waals surface area contributed by atoms with Gasteiger partial charge in [0.2, 0.25) is 11.8 Å². The van der Waals surface area contributed by atoms with Gasteiger partial charge in [-0.05, 0) is 85.0 Å². The second-order valence-electron chi connectivity index (χ2n) is 19.8. The van der Waals surface area contributed by atoms with Gasteiger partial charge in [-0.1, -0.05) is 70.7 Å². The van der Waals surface area contributed by atoms with E-state index in [0.29, 0.717) is 66.3 Å². The van der Waals surface area contributed by atoms with Crippen LogP contribution in [-0.4, -0.2) is 98.1 Å². The quantitative estimate of drug-likeness (QED) is 0.0672. The lowest BCUT2D eigenvalue weighted by molar-refractivity contribution is -0.119. The maximum Gasteiger partial charge on any atom is 0.251 e. The number of carbonyl (C=O) groups is 2. The number of primary amides is 2. The van der Waals surface area contributed by atoms with Crippen molar-refractivity contribution in [3.63, 3.8) is 0 Å². The first kappa shape index (κ1) is 53.9. The minimum Gasteiger partial charge on any atom is -0.370 e. The number of aromatic amines is 2. The average molecular weight is 1140 g/mol. The molecule has 74 heavy (non-hydrogen) atoms. The van der Waals surface area contributed by atoms with Crippen molar-refractivity contribution in [1.82, 2.24) is 19.9 Å². The summed E-state index contributed by atoms with van der Waals surface area (Å²) in [5, 5.41) is 1.06. The van der Waals surface area contributed by atoms with E-state index in [1.165, 1.54) is 24.3 Å². The van der Waals surface area contributed by atoms with Gasteiger partial charge in [0.15, 0.2) is 19.7 Å². The number of sulfone groups is 2. The van der Waals surface area contributed by atoms with E-state index in [4.69, 9.17) is 57.9 Å². The largest absolute Gasteiger partial charge is 0.370 e. The van der Waals surface area contributed by atoms with Gasteiger partial charge in [-0.15, -0.1) is 0 Å². The Bertz CT molecular complexity index is 3120. The van der Waals surface area contributed by atoms with Gasteiger partial charge in [-0.2, -0.15) is 0 Å². The Balaban J connectivity index is 0.000000182. The molecule has 2 atom stereocenters. The Morgan fingerprint density at radius 1 is 0.595 bits per heavy atom. The van der Waals surface area contributed by atoms with Gasteiger partial charge in [0.05, 0.1) is 75.6 Å². The predicted octanol–water partition coefficient (Wildman–Crippen LogP) is 10.6. The third-order valence-corrected chi connectivity index (χ3v) is 19.1. The minimum atomic E-state index is -3.38. The van der Waals surface area contributed by atoms with Crippen LogP contribution in [-0.2, 0) is 29.3 Å². The van der Waals surface area contributed by atoms with Gasteiger partial charge >= 0.3 is 0 Å². The van der Waals surface area contributed by atoms with E-state index >= 15 is 0 Å². The molecular formula is C50H52Cl4F4N8O6S2. The Morgan fingerprint density at radius 2 is 0.919 bits per heavy atom. The van der Waals surface area contributed by atoms with Gasteiger partial charge in [-0.25, -0.2) is 44.4 Å². The molecule has 2 aliphatic carbocycles. The average Bonchev–Trinajstić information content (AvgIpc) is 4.24. The molecule has 0 bridgehead atoms. The lowest BCUT2D eigenvalue weighted by Crippen LogP contribution is -2.39. The Morgan fingerprint density at radius 3 is 1.22 bits per heavy atom. The Hall–Kier alpha value is -4.86. The normalized spacial score (nSPS) is 18.8. The molecule has 4 heterocycles. The molecule has 2 aromatic heterocycles. The van der Waals surface area contributed by atoms with E-state index in [-0.39, 0.29) is 108 Å². The molecule has 0 unspecified atom stereocenters. The van der Waals surface area contributed by atoms with Crippen LogP contribution in [0.3, 0.4) is 0 Å². The van der Waals surface area contributed by atoms with Crippen LogP contribution < -0.4 is 21.3 Å². The molecule has 2 saturated heterocycles. The summed E-state index contributed by atoms with van der Waals surface area (Å²) in [6.07, 6.45) is 2.40. The predicted molar refractivity (Wildman–Crippen MR) is 279 cm³/mol. The molecule has 10 rings (SSSR count). The summed E-state index contributed by atoms with van der Waals surface area (Å²) in [5.41, 5.74) is 15.1. The monoisotopic (exact) mass is 1140 g/mol. The highest BCUT2D eigenvalue weighted by Crippen LogP contribution is 2.45. The van der Waals surface area contributed by atoms with Gasteiger partial charge in [0.25, 0.3) is 11.8 Å². The molecule has 4 aliphatic rings. The van der Waals surface area contributed by atoms with Gasteiger partial charge in [-0.3, -0.25) is 9.59 Å². The molecule has 2 amide bonds. The number of imidazole rings is 2. The summed E-state index contributed by atoms with van der Waals surface area (Å²) in [6.45, 7) is 0.427. The number of piperidine rings is 2. The minimum absolute atomic E-state index is 0.0760. The second kappa shape index (κ2) is 20.9. The van der Waals surface area contributed by atoms with Crippen molar-refractivity contribution >= 4 is 111 Å². The standard InChI is InChI=1S/2C25H26Cl2F2N4O3S/c2*26-18-12-19-22(21(27)23(18)33-9-7-25(28,29)8-10-33)32-24(31-19)17(11-20(30)34)15-3-5-16(6-4-15)37(35,36)13-14-1-2-14/h2*3-6,12,14,17H,1-2,7-11,13H2,(H2,30,34)(H,31,32)/t2*17-/m10/s1. The molecular weight excluding hydrogens is 1090 g/mol. The smallest absolute Gasteiger partial charge is 0.251 e. The summed E-state index contributed by atoms with van der Waals surface area (Å²) in [7, 11) is -6.76. The highest BCUT2D eigenvalue weighted by atomic mass is 35.5. The number of benzene rings is 4. The summed E-state index contributed by atoms with van der Waals surface area (Å²) < 4.78 is 105. The highest BCUT2D eigenvalue weighted by Gasteiger charge is 2.38. The molecule has 24 heteroatoms. The van der Waals surface area contributed by atoms with Crippen LogP contribution in [0.2, 0.25) is 20.1 Å². The molecule has 14 nitrogen and oxygen atoms in total. The second-order valence-corrected chi connectivity index (χ2v) is 25.4. The molecule has 6 aromatic rings. The maximum absolute atomic E-state index is 13.7. The maximum atomic E-state index is 13.7. The molecule has 396 valence electrons. The van der Waals surface area contributed by atoms with Crippen molar-refractivity contribution in [3.8, 4) is 0 Å². The lowest BCUT2D eigenvalue weighted by atomic mass is 9.95. The number of hydrogen-bond acceptors (Lipinski definition) is 10. The van der Waals surface area contributed by atoms with Crippen LogP contribution in [0.5, 0.6) is 0 Å². The highest BCUT2D eigenvalue weighted by molar-refractivity contribution is 7.91. The van der Waals surface area contributed by atoms with Crippen molar-refractivity contribution in [2.24, 2.45) is 23.3 Å². The van der Waals surface area contributed by atoms with Crippen LogP contribution in [0.1, 0.15) is 98.8 Å². The van der Waals surface area contributed by atoms with Crippen molar-refractivity contribution in [3.05, 3.63) is 104 Å². The van der Waals surface area contributed by atoms with E-state index in [0.717, 1.165) is 25.7 Å². The number of amides is 2. The summed E-state index contributed by atoms with van der Waals surface area (Å²) in [5.74, 6) is -6.18. The van der Waals surface area contributed by atoms with Gasteiger partial charge < -0.3 is 31.2 Å². The third kappa shape index (κ3) is 12.2. The first-order chi connectivity index (χ1) is 34.9. The number of aromatic nitrogens is 4. The molecule has 2 saturated carbocycles. The number of anilines is 2. The van der Waals surface area contributed by atoms with E-state index in [9.17, 15) is 44.0 Å². The number of H-pyrrole nitrogens is 2. The van der Waals surface area contributed by atoms with E-state index in [1.807, 2.05) is 0 Å². The molecule has 2 aliphatic heterocycles. The first-order valence-electron chi connectivity index (χ1n) is 24.1. The number of nitrogens with one attached hydrogen (secondary N) is 2. The zero-order valence-electron chi connectivity index (χ0n) is 39.6. The molecule has 4 fully saturated rings. The van der Waals surface area contributed by atoms with Crippen molar-refractivity contribution in [2.45, 2.75) is 97.7 Å². The molecule has 0 spiro atoms. The van der Waals surface area contributed by atoms with Crippen molar-refractivity contribution in [1.29, 1.82) is 0 Å². The van der Waals surface area contributed by atoms with E-state index in [1.54, 1.807) is 46.2 Å². The van der Waals surface area contributed by atoms with Gasteiger partial charge in [0.1, 0.15) is 22.7 Å². The number of alkyl halides is 4. The van der Waals surface area contributed by atoms with Crippen LogP contribution in [0.25, 0.3) is 22.1 Å². The first-order valence-corrected chi connectivity index (χ1v) is 28.9. The fourth-order valence-corrected chi connectivity index (χ4v) is 14.4. The zero-order valence-corrected chi connectivity index (χ0v) is 44.3. The molecule has 4 aromatic carbocycles. The lowest BCUT2D eigenvalue weighted by Gasteiger charge is -2.34. The molecule has 6 N–H and O–H groups in total. The van der Waals surface area contributed by atoms with Gasteiger partial charge in [0, 0.05) is 64.7 Å². The fourth-order valence-electron chi connectivity index (χ4n) is 9.55. The topological polar surface area (TPSA) is 218 Å². The van der Waals surface area contributed by atoms with Crippen LogP contribution in [0.4, 0.5) is 28.9 Å². The Kier molecular flexibility index (Phi) is 15.3. The third-order valence-electron chi connectivity index (χ3n) is 14.0. The summed E-state index contributed by atoms with van der Waals surface area (Å²) in [6, 6.07) is 16.1. The van der Waals surface area contributed by atoms with Crippen molar-refractivity contribution < 1.29 is 44.0 Å². The number of rotatable bonds is 16. The molecule has 0 radical (unpaired) electrons. The number of halogens is 8.